The third kappa shape index (κ3) is 4.41. The van der Waals surface area contributed by atoms with Crippen LogP contribution in [0.2, 0.25) is 0 Å². The smallest absolute Gasteiger partial charge is 0.263 e. The molecule has 168 valence electrons. The summed E-state index contributed by atoms with van der Waals surface area (Å²) in [6, 6.07) is 6.07. The van der Waals surface area contributed by atoms with Gasteiger partial charge in [-0.1, -0.05) is 49.9 Å². The number of hydrogen-bond acceptors (Lipinski definition) is 5. The summed E-state index contributed by atoms with van der Waals surface area (Å²) >= 11 is 2.94. The van der Waals surface area contributed by atoms with Crippen LogP contribution in [0.3, 0.4) is 0 Å². The minimum absolute atomic E-state index is 0.0155. The van der Waals surface area contributed by atoms with Crippen LogP contribution >= 0.6 is 23.1 Å². The number of carbonyl (C=O) groups is 1. The van der Waals surface area contributed by atoms with Gasteiger partial charge in [0.1, 0.15) is 4.83 Å². The molecule has 0 spiro atoms. The number of fused-ring (bicyclic) bond motifs is 3. The van der Waals surface area contributed by atoms with Gasteiger partial charge < -0.3 is 5.32 Å². The van der Waals surface area contributed by atoms with Crippen LogP contribution in [0.25, 0.3) is 10.2 Å². The van der Waals surface area contributed by atoms with Gasteiger partial charge in [-0.15, -0.1) is 17.9 Å². The maximum atomic E-state index is 13.3. The number of para-hydroxylation sites is 1. The Kier molecular flexibility index (Phi) is 6.86. The molecular formula is C25H29N3O2S2. The largest absolute Gasteiger partial charge is 0.325 e. The highest BCUT2D eigenvalue weighted by Crippen LogP contribution is 2.35. The van der Waals surface area contributed by atoms with E-state index in [0.29, 0.717) is 17.6 Å². The zero-order chi connectivity index (χ0) is 22.8. The van der Waals surface area contributed by atoms with Gasteiger partial charge in [-0.3, -0.25) is 14.2 Å². The summed E-state index contributed by atoms with van der Waals surface area (Å²) in [6.45, 7) is 10.4. The topological polar surface area (TPSA) is 64.0 Å². The molecule has 1 aliphatic rings. The van der Waals surface area contributed by atoms with Gasteiger partial charge in [0.25, 0.3) is 5.56 Å². The number of thioether (sulfide) groups is 1. The molecule has 5 nitrogen and oxygen atoms in total. The number of anilines is 1. The summed E-state index contributed by atoms with van der Waals surface area (Å²) in [7, 11) is 0. The van der Waals surface area contributed by atoms with E-state index in [2.05, 4.69) is 31.8 Å². The van der Waals surface area contributed by atoms with Crippen molar-refractivity contribution in [2.45, 2.75) is 64.1 Å². The summed E-state index contributed by atoms with van der Waals surface area (Å²) in [5.74, 6) is 0.396. The fourth-order valence-electron chi connectivity index (χ4n) is 4.27. The molecule has 0 fully saturated rings. The van der Waals surface area contributed by atoms with E-state index < -0.39 is 0 Å². The molecule has 0 aliphatic heterocycles. The number of amides is 1. The van der Waals surface area contributed by atoms with E-state index in [1.165, 1.54) is 28.6 Å². The van der Waals surface area contributed by atoms with Crippen molar-refractivity contribution in [3.63, 3.8) is 0 Å². The second-order valence-corrected chi connectivity index (χ2v) is 10.5. The fraction of sp³-hybridized carbons (Fsp3) is 0.400. The quantitative estimate of drug-likeness (QED) is 0.276. The first-order valence-corrected chi connectivity index (χ1v) is 12.9. The van der Waals surface area contributed by atoms with Crippen molar-refractivity contribution in [1.82, 2.24) is 9.55 Å². The Morgan fingerprint density at radius 3 is 2.88 bits per heavy atom. The number of aryl methyl sites for hydroxylation is 3. The SMILES string of the molecule is C=CCn1c(SCC(=O)Nc2c(C)cccc2C(C)C)nc2sc3c(c2c1=O)CCCC3. The summed E-state index contributed by atoms with van der Waals surface area (Å²) in [5.41, 5.74) is 4.21. The number of rotatable bonds is 7. The predicted octanol–water partition coefficient (Wildman–Crippen LogP) is 5.69. The summed E-state index contributed by atoms with van der Waals surface area (Å²) in [5, 5.41) is 4.42. The second kappa shape index (κ2) is 9.63. The molecule has 0 saturated carbocycles. The molecule has 0 unspecified atom stereocenters. The summed E-state index contributed by atoms with van der Waals surface area (Å²) < 4.78 is 1.65. The van der Waals surface area contributed by atoms with Crippen LogP contribution in [-0.2, 0) is 24.2 Å². The van der Waals surface area contributed by atoms with Crippen molar-refractivity contribution in [1.29, 1.82) is 0 Å². The van der Waals surface area contributed by atoms with Crippen LogP contribution in [0, 0.1) is 6.92 Å². The maximum Gasteiger partial charge on any atom is 0.263 e. The normalized spacial score (nSPS) is 13.4. The maximum absolute atomic E-state index is 13.3. The van der Waals surface area contributed by atoms with Crippen LogP contribution in [0.15, 0.2) is 40.8 Å². The van der Waals surface area contributed by atoms with Crippen molar-refractivity contribution < 1.29 is 4.79 Å². The van der Waals surface area contributed by atoms with E-state index in [4.69, 9.17) is 4.98 Å². The Labute approximate surface area is 197 Å². The van der Waals surface area contributed by atoms with Crippen LogP contribution in [0.1, 0.15) is 54.2 Å². The third-order valence-electron chi connectivity index (χ3n) is 5.88. The Morgan fingerprint density at radius 1 is 1.34 bits per heavy atom. The summed E-state index contributed by atoms with van der Waals surface area (Å²) in [6.07, 6.45) is 5.97. The third-order valence-corrected chi connectivity index (χ3v) is 8.04. The lowest BCUT2D eigenvalue weighted by atomic mass is 9.97. The molecule has 2 heterocycles. The van der Waals surface area contributed by atoms with Gasteiger partial charge in [-0.05, 0) is 55.2 Å². The minimum atomic E-state index is -0.101. The Morgan fingerprint density at radius 2 is 2.12 bits per heavy atom. The number of nitrogens with one attached hydrogen (secondary N) is 1. The fourth-order valence-corrected chi connectivity index (χ4v) is 6.38. The first-order valence-electron chi connectivity index (χ1n) is 11.1. The lowest BCUT2D eigenvalue weighted by Crippen LogP contribution is -2.24. The van der Waals surface area contributed by atoms with E-state index in [-0.39, 0.29) is 17.2 Å². The average molecular weight is 468 g/mol. The van der Waals surface area contributed by atoms with Gasteiger partial charge >= 0.3 is 0 Å². The Bertz CT molecular complexity index is 1240. The van der Waals surface area contributed by atoms with Gasteiger partial charge in [0.2, 0.25) is 5.91 Å². The van der Waals surface area contributed by atoms with E-state index >= 15 is 0 Å². The predicted molar refractivity (Wildman–Crippen MR) is 135 cm³/mol. The molecule has 1 N–H and O–H groups in total. The molecular weight excluding hydrogens is 438 g/mol. The number of benzene rings is 1. The minimum Gasteiger partial charge on any atom is -0.325 e. The van der Waals surface area contributed by atoms with Crippen LogP contribution in [0.4, 0.5) is 5.69 Å². The van der Waals surface area contributed by atoms with Crippen molar-refractivity contribution in [2.24, 2.45) is 0 Å². The molecule has 7 heteroatoms. The van der Waals surface area contributed by atoms with Crippen molar-refractivity contribution in [3.8, 4) is 0 Å². The molecule has 0 radical (unpaired) electrons. The molecule has 1 aliphatic carbocycles. The first-order chi connectivity index (χ1) is 15.4. The van der Waals surface area contributed by atoms with Gasteiger partial charge in [0, 0.05) is 17.1 Å². The number of carbonyl (C=O) groups excluding carboxylic acids is 1. The lowest BCUT2D eigenvalue weighted by molar-refractivity contribution is -0.113. The molecule has 32 heavy (non-hydrogen) atoms. The number of hydrogen-bond donors (Lipinski definition) is 1. The van der Waals surface area contributed by atoms with Crippen molar-refractivity contribution >= 4 is 44.9 Å². The molecule has 0 saturated heterocycles. The molecule has 1 aromatic carbocycles. The highest BCUT2D eigenvalue weighted by atomic mass is 32.2. The van der Waals surface area contributed by atoms with Crippen molar-refractivity contribution in [2.75, 3.05) is 11.1 Å². The molecule has 0 atom stereocenters. The van der Waals surface area contributed by atoms with Gasteiger partial charge in [-0.2, -0.15) is 0 Å². The van der Waals surface area contributed by atoms with Crippen LogP contribution in [0.5, 0.6) is 0 Å². The first kappa shape index (κ1) is 22.8. The second-order valence-electron chi connectivity index (χ2n) is 8.52. The van der Waals surface area contributed by atoms with E-state index in [0.717, 1.165) is 46.3 Å². The highest BCUT2D eigenvalue weighted by Gasteiger charge is 2.22. The zero-order valence-corrected chi connectivity index (χ0v) is 20.5. The average Bonchev–Trinajstić information content (AvgIpc) is 3.14. The monoisotopic (exact) mass is 467 g/mol. The number of nitrogens with zero attached hydrogens (tertiary/aromatic N) is 2. The van der Waals surface area contributed by atoms with Crippen molar-refractivity contribution in [3.05, 3.63) is 62.8 Å². The molecule has 1 amide bonds. The number of allylic oxidation sites excluding steroid dienone is 1. The summed E-state index contributed by atoms with van der Waals surface area (Å²) in [4.78, 5) is 33.1. The highest BCUT2D eigenvalue weighted by molar-refractivity contribution is 7.99. The van der Waals surface area contributed by atoms with E-state index in [1.54, 1.807) is 22.0 Å². The molecule has 0 bridgehead atoms. The van der Waals surface area contributed by atoms with E-state index in [1.807, 2.05) is 19.1 Å². The van der Waals surface area contributed by atoms with Crippen LogP contribution < -0.4 is 10.9 Å². The van der Waals surface area contributed by atoms with Gasteiger partial charge in [-0.25, -0.2) is 4.98 Å². The Hall–Kier alpha value is -2.38. The number of thiophene rings is 1. The van der Waals surface area contributed by atoms with Crippen LogP contribution in [-0.4, -0.2) is 21.2 Å². The standard InChI is InChI=1S/C25H29N3O2S2/c1-5-13-28-24(30)21-18-10-6-7-12-19(18)32-23(21)27-25(28)31-14-20(29)26-22-16(4)9-8-11-17(22)15(2)3/h5,8-9,11,15H,1,6-7,10,12-14H2,2-4H3,(H,26,29). The Balaban J connectivity index is 1.61. The van der Waals surface area contributed by atoms with Gasteiger partial charge in [0.15, 0.2) is 5.16 Å². The molecule has 4 rings (SSSR count). The molecule has 2 aromatic heterocycles. The van der Waals surface area contributed by atoms with Gasteiger partial charge in [0.05, 0.1) is 11.1 Å². The van der Waals surface area contributed by atoms with E-state index in [9.17, 15) is 9.59 Å². The lowest BCUT2D eigenvalue weighted by Gasteiger charge is -2.16. The number of aromatic nitrogens is 2. The molecule has 3 aromatic rings. The zero-order valence-electron chi connectivity index (χ0n) is 18.9.